The number of likely N-dealkylation sites (tertiary alicyclic amines) is 1. The van der Waals surface area contributed by atoms with Crippen molar-refractivity contribution in [2.24, 2.45) is 17.8 Å². The molecule has 3 aliphatic carbocycles. The third kappa shape index (κ3) is 1.81. The van der Waals surface area contributed by atoms with E-state index < -0.39 is 0 Å². The lowest BCUT2D eigenvalue weighted by atomic mass is 9.49. The predicted octanol–water partition coefficient (Wildman–Crippen LogP) is 3.78. The van der Waals surface area contributed by atoms with Gasteiger partial charge in [0.1, 0.15) is 6.10 Å². The lowest BCUT2D eigenvalue weighted by molar-refractivity contribution is -0.0774. The normalized spacial score (nSPS) is 41.2. The summed E-state index contributed by atoms with van der Waals surface area (Å²) in [5, 5.41) is 0. The van der Waals surface area contributed by atoms with Crippen LogP contribution in [0.2, 0.25) is 0 Å². The van der Waals surface area contributed by atoms with Crippen molar-refractivity contribution in [3.05, 3.63) is 23.3 Å². The van der Waals surface area contributed by atoms with E-state index in [4.69, 9.17) is 9.47 Å². The molecule has 5 aliphatic rings. The number of rotatable bonds is 3. The smallest absolute Gasteiger partial charge is 0.165 e. The molecule has 2 heterocycles. The minimum Gasteiger partial charge on any atom is -0.493 e. The Bertz CT molecular complexity index is 727. The Morgan fingerprint density at radius 3 is 2.92 bits per heavy atom. The zero-order valence-corrected chi connectivity index (χ0v) is 15.5. The summed E-state index contributed by atoms with van der Waals surface area (Å²) in [6.07, 6.45) is 8.32. The van der Waals surface area contributed by atoms with E-state index in [-0.39, 0.29) is 5.41 Å². The molecule has 6 rings (SSSR count). The van der Waals surface area contributed by atoms with E-state index in [2.05, 4.69) is 24.0 Å². The molecule has 0 aromatic heterocycles. The maximum Gasteiger partial charge on any atom is 0.165 e. The molecule has 0 amide bonds. The number of benzene rings is 1. The number of hydrogen-bond donors (Lipinski definition) is 0. The highest BCUT2D eigenvalue weighted by atomic mass is 16.5. The van der Waals surface area contributed by atoms with Crippen LogP contribution in [0.1, 0.15) is 50.2 Å². The van der Waals surface area contributed by atoms with Crippen LogP contribution in [0.25, 0.3) is 0 Å². The Kier molecular flexibility index (Phi) is 2.94. The summed E-state index contributed by atoms with van der Waals surface area (Å²) >= 11 is 0. The van der Waals surface area contributed by atoms with E-state index in [1.54, 1.807) is 18.2 Å². The molecule has 5 atom stereocenters. The van der Waals surface area contributed by atoms with Crippen molar-refractivity contribution in [2.45, 2.75) is 63.0 Å². The molecule has 2 bridgehead atoms. The Labute approximate surface area is 150 Å². The number of ether oxygens (including phenoxy) is 2. The second kappa shape index (κ2) is 4.94. The Morgan fingerprint density at radius 1 is 1.24 bits per heavy atom. The average molecular weight is 339 g/mol. The Balaban J connectivity index is 1.53. The van der Waals surface area contributed by atoms with Crippen molar-refractivity contribution < 1.29 is 9.47 Å². The van der Waals surface area contributed by atoms with Crippen LogP contribution >= 0.6 is 0 Å². The van der Waals surface area contributed by atoms with Gasteiger partial charge in [-0.25, -0.2) is 0 Å². The summed E-state index contributed by atoms with van der Waals surface area (Å²) in [5.74, 6) is 4.60. The molecule has 134 valence electrons. The minimum absolute atomic E-state index is 0.264. The van der Waals surface area contributed by atoms with E-state index in [1.165, 1.54) is 51.6 Å². The Morgan fingerprint density at radius 2 is 2.12 bits per heavy atom. The van der Waals surface area contributed by atoms with Crippen molar-refractivity contribution in [3.63, 3.8) is 0 Å². The van der Waals surface area contributed by atoms with Gasteiger partial charge in [0.15, 0.2) is 11.5 Å². The number of nitrogens with zero attached hydrogens (tertiary/aromatic N) is 1. The molecule has 2 saturated carbocycles. The second-order valence-corrected chi connectivity index (χ2v) is 9.32. The summed E-state index contributed by atoms with van der Waals surface area (Å²) in [6.45, 7) is 5.12. The molecule has 25 heavy (non-hydrogen) atoms. The zero-order chi connectivity index (χ0) is 16.8. The van der Waals surface area contributed by atoms with Gasteiger partial charge < -0.3 is 9.47 Å². The quantitative estimate of drug-likeness (QED) is 0.836. The zero-order valence-electron chi connectivity index (χ0n) is 15.5. The van der Waals surface area contributed by atoms with Gasteiger partial charge in [-0.1, -0.05) is 13.0 Å². The number of hydrogen-bond acceptors (Lipinski definition) is 3. The van der Waals surface area contributed by atoms with Gasteiger partial charge in [0.2, 0.25) is 0 Å². The molecule has 1 spiro atoms. The van der Waals surface area contributed by atoms with Gasteiger partial charge in [-0.05, 0) is 74.5 Å². The van der Waals surface area contributed by atoms with Crippen LogP contribution < -0.4 is 9.47 Å². The minimum atomic E-state index is 0.264. The van der Waals surface area contributed by atoms with E-state index in [0.29, 0.717) is 6.10 Å². The SMILES string of the molecule is COc1ccc2c3c1OC1CC[C@H](C)C4[C@@H](C2)N(CC2CC2)CC[C@]314. The number of methoxy groups -OCH3 is 1. The molecule has 0 N–H and O–H groups in total. The van der Waals surface area contributed by atoms with Crippen molar-refractivity contribution in [1.82, 2.24) is 4.90 Å². The fraction of sp³-hybridized carbons (Fsp3) is 0.727. The summed E-state index contributed by atoms with van der Waals surface area (Å²) < 4.78 is 12.3. The molecule has 2 unspecified atom stereocenters. The van der Waals surface area contributed by atoms with Crippen LogP contribution in [0.5, 0.6) is 11.5 Å². The van der Waals surface area contributed by atoms with Crippen molar-refractivity contribution in [3.8, 4) is 11.5 Å². The maximum absolute atomic E-state index is 6.63. The monoisotopic (exact) mass is 339 g/mol. The van der Waals surface area contributed by atoms with Crippen LogP contribution in [-0.4, -0.2) is 37.2 Å². The summed E-state index contributed by atoms with van der Waals surface area (Å²) in [5.41, 5.74) is 3.37. The molecule has 0 radical (unpaired) electrons. The molecule has 1 aromatic carbocycles. The molecule has 1 saturated heterocycles. The van der Waals surface area contributed by atoms with Gasteiger partial charge in [0.05, 0.1) is 7.11 Å². The van der Waals surface area contributed by atoms with E-state index >= 15 is 0 Å². The van der Waals surface area contributed by atoms with E-state index in [0.717, 1.165) is 35.3 Å². The molecule has 3 nitrogen and oxygen atoms in total. The van der Waals surface area contributed by atoms with Gasteiger partial charge in [-0.2, -0.15) is 0 Å². The molecule has 3 heteroatoms. The number of piperidine rings is 1. The Hall–Kier alpha value is -1.22. The van der Waals surface area contributed by atoms with Crippen LogP contribution in [-0.2, 0) is 11.8 Å². The van der Waals surface area contributed by atoms with Gasteiger partial charge in [-0.3, -0.25) is 4.90 Å². The van der Waals surface area contributed by atoms with E-state index in [1.807, 2.05) is 0 Å². The van der Waals surface area contributed by atoms with Crippen molar-refractivity contribution in [2.75, 3.05) is 20.2 Å². The summed E-state index contributed by atoms with van der Waals surface area (Å²) in [7, 11) is 1.78. The van der Waals surface area contributed by atoms with Crippen LogP contribution in [0.4, 0.5) is 0 Å². The van der Waals surface area contributed by atoms with Crippen LogP contribution in [0.15, 0.2) is 12.1 Å². The van der Waals surface area contributed by atoms with Gasteiger partial charge >= 0.3 is 0 Å². The maximum atomic E-state index is 6.63. The topological polar surface area (TPSA) is 21.7 Å². The highest BCUT2D eigenvalue weighted by molar-refractivity contribution is 5.61. The molecular formula is C22H29NO2. The third-order valence-electron chi connectivity index (χ3n) is 8.13. The molecular weight excluding hydrogens is 310 g/mol. The van der Waals surface area contributed by atoms with Crippen LogP contribution in [0, 0.1) is 17.8 Å². The lowest BCUT2D eigenvalue weighted by Gasteiger charge is -2.60. The lowest BCUT2D eigenvalue weighted by Crippen LogP contribution is -2.66. The summed E-state index contributed by atoms with van der Waals surface area (Å²) in [4.78, 5) is 2.87. The van der Waals surface area contributed by atoms with Crippen molar-refractivity contribution in [1.29, 1.82) is 0 Å². The van der Waals surface area contributed by atoms with Crippen LogP contribution in [0.3, 0.4) is 0 Å². The van der Waals surface area contributed by atoms with Gasteiger partial charge in [-0.15, -0.1) is 0 Å². The summed E-state index contributed by atoms with van der Waals surface area (Å²) in [6, 6.07) is 5.21. The molecule has 2 aliphatic heterocycles. The van der Waals surface area contributed by atoms with Gasteiger partial charge in [0.25, 0.3) is 0 Å². The molecule has 1 aromatic rings. The first kappa shape index (κ1) is 14.9. The standard InChI is InChI=1S/C22H29NO2/c1-13-3-8-18-22-9-10-23(12-14-4-5-14)16(19(13)22)11-15-6-7-17(24-2)21(25-18)20(15)22/h6-7,13-14,16,18-19H,3-5,8-12H2,1-2H3/t13-,16+,18?,19?,22-/m0/s1. The first-order valence-corrected chi connectivity index (χ1v) is 10.3. The largest absolute Gasteiger partial charge is 0.493 e. The fourth-order valence-corrected chi connectivity index (χ4v) is 7.01. The third-order valence-corrected chi connectivity index (χ3v) is 8.13. The predicted molar refractivity (Wildman–Crippen MR) is 97.4 cm³/mol. The second-order valence-electron chi connectivity index (χ2n) is 9.32. The molecule has 3 fully saturated rings. The highest BCUT2D eigenvalue weighted by Gasteiger charge is 2.65. The fourth-order valence-electron chi connectivity index (χ4n) is 7.01. The van der Waals surface area contributed by atoms with Gasteiger partial charge in [0, 0.05) is 23.6 Å². The van der Waals surface area contributed by atoms with E-state index in [9.17, 15) is 0 Å². The first-order chi connectivity index (χ1) is 12.2. The first-order valence-electron chi connectivity index (χ1n) is 10.3. The average Bonchev–Trinajstić information content (AvgIpc) is 3.37. The highest BCUT2D eigenvalue weighted by Crippen LogP contribution is 2.65. The van der Waals surface area contributed by atoms with Crippen molar-refractivity contribution >= 4 is 0 Å².